The van der Waals surface area contributed by atoms with Crippen molar-refractivity contribution in [1.29, 1.82) is 0 Å². The van der Waals surface area contributed by atoms with Crippen molar-refractivity contribution in [2.45, 2.75) is 13.8 Å². The summed E-state index contributed by atoms with van der Waals surface area (Å²) in [6.07, 6.45) is 0. The number of nitrogens with one attached hydrogen (secondary N) is 1. The van der Waals surface area contributed by atoms with E-state index in [1.54, 1.807) is 13.8 Å². The van der Waals surface area contributed by atoms with Gasteiger partial charge in [-0.25, -0.2) is 4.39 Å². The summed E-state index contributed by atoms with van der Waals surface area (Å²) in [5, 5.41) is 2.55. The van der Waals surface area contributed by atoms with Crippen LogP contribution < -0.4 is 16.8 Å². The Morgan fingerprint density at radius 1 is 1.39 bits per heavy atom. The zero-order valence-electron chi connectivity index (χ0n) is 10.3. The molecular weight excluding hydrogens is 237 g/mol. The third kappa shape index (κ3) is 3.19. The molecule has 0 aromatic heterocycles. The molecule has 0 unspecified atom stereocenters. The second-order valence-corrected chi connectivity index (χ2v) is 4.67. The van der Waals surface area contributed by atoms with E-state index in [4.69, 9.17) is 11.5 Å². The molecule has 0 fully saturated rings. The first-order valence-electron chi connectivity index (χ1n) is 5.37. The number of hydrogen-bond acceptors (Lipinski definition) is 3. The van der Waals surface area contributed by atoms with Crippen molar-refractivity contribution in [3.8, 4) is 0 Å². The molecule has 98 valence electrons. The maximum Gasteiger partial charge on any atom is 0.251 e. The van der Waals surface area contributed by atoms with Gasteiger partial charge in [-0.1, -0.05) is 0 Å². The first kappa shape index (κ1) is 14.0. The highest BCUT2D eigenvalue weighted by atomic mass is 19.1. The lowest BCUT2D eigenvalue weighted by Gasteiger charge is -2.20. The van der Waals surface area contributed by atoms with E-state index in [1.807, 2.05) is 0 Å². The minimum absolute atomic E-state index is 0.0957. The van der Waals surface area contributed by atoms with Crippen LogP contribution in [0.25, 0.3) is 0 Å². The van der Waals surface area contributed by atoms with E-state index in [0.717, 1.165) is 6.07 Å². The zero-order chi connectivity index (χ0) is 13.9. The van der Waals surface area contributed by atoms with Crippen LogP contribution in [-0.4, -0.2) is 18.4 Å². The number of primary amides is 1. The topological polar surface area (TPSA) is 98.2 Å². The number of anilines is 1. The van der Waals surface area contributed by atoms with Crippen molar-refractivity contribution >= 4 is 17.5 Å². The van der Waals surface area contributed by atoms with E-state index < -0.39 is 23.0 Å². The molecule has 1 rings (SSSR count). The normalized spacial score (nSPS) is 11.1. The van der Waals surface area contributed by atoms with E-state index in [-0.39, 0.29) is 17.8 Å². The third-order valence-corrected chi connectivity index (χ3v) is 2.62. The summed E-state index contributed by atoms with van der Waals surface area (Å²) in [4.78, 5) is 22.8. The van der Waals surface area contributed by atoms with Crippen LogP contribution >= 0.6 is 0 Å². The molecule has 0 aliphatic heterocycles. The van der Waals surface area contributed by atoms with Gasteiger partial charge in [0.15, 0.2) is 0 Å². The molecule has 0 radical (unpaired) electrons. The van der Waals surface area contributed by atoms with Crippen molar-refractivity contribution in [2.24, 2.45) is 11.1 Å². The Hall–Kier alpha value is -2.11. The first-order valence-corrected chi connectivity index (χ1v) is 5.37. The predicted molar refractivity (Wildman–Crippen MR) is 66.1 cm³/mol. The average molecular weight is 253 g/mol. The molecule has 0 spiro atoms. The quantitative estimate of drug-likeness (QED) is 0.687. The summed E-state index contributed by atoms with van der Waals surface area (Å²) in [5.74, 6) is -1.53. The number of amides is 2. The molecule has 0 saturated heterocycles. The highest BCUT2D eigenvalue weighted by Gasteiger charge is 2.25. The molecule has 2 amide bonds. The van der Waals surface area contributed by atoms with Crippen LogP contribution in [0.15, 0.2) is 18.2 Å². The van der Waals surface area contributed by atoms with E-state index >= 15 is 0 Å². The fourth-order valence-corrected chi connectivity index (χ4v) is 1.18. The van der Waals surface area contributed by atoms with Crippen LogP contribution in [0.4, 0.5) is 10.1 Å². The van der Waals surface area contributed by atoms with Gasteiger partial charge >= 0.3 is 0 Å². The van der Waals surface area contributed by atoms with Crippen LogP contribution in [0.2, 0.25) is 0 Å². The molecule has 0 bridgehead atoms. The summed E-state index contributed by atoms with van der Waals surface area (Å²) in [5.41, 5.74) is 9.82. The van der Waals surface area contributed by atoms with E-state index in [1.165, 1.54) is 12.1 Å². The number of nitrogen functional groups attached to an aromatic ring is 1. The van der Waals surface area contributed by atoms with Crippen molar-refractivity contribution < 1.29 is 14.0 Å². The average Bonchev–Trinajstić information content (AvgIpc) is 2.29. The van der Waals surface area contributed by atoms with E-state index in [9.17, 15) is 14.0 Å². The Bertz CT molecular complexity index is 486. The molecule has 0 saturated carbocycles. The Balaban J connectivity index is 2.72. The summed E-state index contributed by atoms with van der Waals surface area (Å²) in [6.45, 7) is 3.34. The van der Waals surface area contributed by atoms with Crippen molar-refractivity contribution in [1.82, 2.24) is 5.32 Å². The fraction of sp³-hybridized carbons (Fsp3) is 0.333. The maximum absolute atomic E-state index is 12.9. The lowest BCUT2D eigenvalue weighted by Crippen LogP contribution is -2.42. The number of hydrogen-bond donors (Lipinski definition) is 3. The second-order valence-electron chi connectivity index (χ2n) is 4.67. The Morgan fingerprint density at radius 3 is 2.50 bits per heavy atom. The second kappa shape index (κ2) is 5.03. The highest BCUT2D eigenvalue weighted by molar-refractivity contribution is 5.95. The Morgan fingerprint density at radius 2 is 2.00 bits per heavy atom. The number of nitrogens with two attached hydrogens (primary N) is 2. The summed E-state index contributed by atoms with van der Waals surface area (Å²) < 4.78 is 12.9. The smallest absolute Gasteiger partial charge is 0.251 e. The number of carbonyl (C=O) groups is 2. The monoisotopic (exact) mass is 253 g/mol. The van der Waals surface area contributed by atoms with Gasteiger partial charge < -0.3 is 16.8 Å². The minimum atomic E-state index is -0.846. The lowest BCUT2D eigenvalue weighted by molar-refractivity contribution is -0.125. The molecule has 5 nitrogen and oxygen atoms in total. The summed E-state index contributed by atoms with van der Waals surface area (Å²) in [7, 11) is 0. The molecular formula is C12H16FN3O2. The van der Waals surface area contributed by atoms with Gasteiger partial charge in [0.05, 0.1) is 11.1 Å². The number of carbonyl (C=O) groups excluding carboxylic acids is 2. The molecule has 1 aromatic carbocycles. The van der Waals surface area contributed by atoms with Gasteiger partial charge in [-0.15, -0.1) is 0 Å². The van der Waals surface area contributed by atoms with Crippen LogP contribution in [0.1, 0.15) is 24.2 Å². The zero-order valence-corrected chi connectivity index (χ0v) is 10.3. The third-order valence-electron chi connectivity index (χ3n) is 2.62. The largest absolute Gasteiger partial charge is 0.396 e. The van der Waals surface area contributed by atoms with Gasteiger partial charge in [0.2, 0.25) is 5.91 Å². The van der Waals surface area contributed by atoms with Gasteiger partial charge in [-0.3, -0.25) is 9.59 Å². The van der Waals surface area contributed by atoms with Gasteiger partial charge in [0, 0.05) is 12.1 Å². The van der Waals surface area contributed by atoms with Crippen molar-refractivity contribution in [3.63, 3.8) is 0 Å². The van der Waals surface area contributed by atoms with Crippen LogP contribution in [0, 0.1) is 11.2 Å². The number of halogens is 1. The molecule has 18 heavy (non-hydrogen) atoms. The molecule has 0 aliphatic carbocycles. The lowest BCUT2D eigenvalue weighted by atomic mass is 9.92. The van der Waals surface area contributed by atoms with Crippen LogP contribution in [-0.2, 0) is 4.79 Å². The molecule has 0 heterocycles. The minimum Gasteiger partial charge on any atom is -0.396 e. The van der Waals surface area contributed by atoms with Gasteiger partial charge in [-0.05, 0) is 32.0 Å². The van der Waals surface area contributed by atoms with E-state index in [0.29, 0.717) is 0 Å². The Kier molecular flexibility index (Phi) is 3.90. The van der Waals surface area contributed by atoms with Gasteiger partial charge in [0.25, 0.3) is 5.91 Å². The van der Waals surface area contributed by atoms with E-state index in [2.05, 4.69) is 5.32 Å². The molecule has 6 heteroatoms. The molecule has 5 N–H and O–H groups in total. The Labute approximate surface area is 104 Å². The van der Waals surface area contributed by atoms with Crippen LogP contribution in [0.5, 0.6) is 0 Å². The highest BCUT2D eigenvalue weighted by Crippen LogP contribution is 2.14. The first-order chi connectivity index (χ1) is 8.24. The SMILES string of the molecule is CC(C)(CNC(=O)c1ccc(F)c(N)c1)C(N)=O. The molecule has 0 aliphatic rings. The summed E-state index contributed by atoms with van der Waals surface area (Å²) in [6, 6.07) is 3.67. The maximum atomic E-state index is 12.9. The van der Waals surface area contributed by atoms with Gasteiger partial charge in [-0.2, -0.15) is 0 Å². The van der Waals surface area contributed by atoms with Crippen molar-refractivity contribution in [3.05, 3.63) is 29.6 Å². The standard InChI is InChI=1S/C12H16FN3O2/c1-12(2,11(15)18)6-16-10(17)7-3-4-8(13)9(14)5-7/h3-5H,6,14H2,1-2H3,(H2,15,18)(H,16,17). The summed E-state index contributed by atoms with van der Waals surface area (Å²) >= 11 is 0. The van der Waals surface area contributed by atoms with Crippen LogP contribution in [0.3, 0.4) is 0 Å². The predicted octanol–water partition coefficient (Wildman–Crippen LogP) is 0.649. The van der Waals surface area contributed by atoms with Crippen molar-refractivity contribution in [2.75, 3.05) is 12.3 Å². The van der Waals surface area contributed by atoms with Gasteiger partial charge in [0.1, 0.15) is 5.82 Å². The molecule has 0 atom stereocenters. The number of benzene rings is 1. The number of rotatable bonds is 4. The molecule has 1 aromatic rings. The fourth-order valence-electron chi connectivity index (χ4n) is 1.18.